The Morgan fingerprint density at radius 1 is 1.16 bits per heavy atom. The summed E-state index contributed by atoms with van der Waals surface area (Å²) in [5.74, 6) is 0.819. The molecule has 158 valence electrons. The highest BCUT2D eigenvalue weighted by Crippen LogP contribution is 2.36. The van der Waals surface area contributed by atoms with Crippen molar-refractivity contribution < 1.29 is 18.8 Å². The van der Waals surface area contributed by atoms with Crippen LogP contribution in [0.5, 0.6) is 5.75 Å². The Morgan fingerprint density at radius 3 is 2.65 bits per heavy atom. The lowest BCUT2D eigenvalue weighted by Gasteiger charge is -2.29. The molecule has 31 heavy (non-hydrogen) atoms. The molecule has 0 spiro atoms. The summed E-state index contributed by atoms with van der Waals surface area (Å²) in [7, 11) is 0. The Balaban J connectivity index is 1.53. The van der Waals surface area contributed by atoms with E-state index in [1.807, 2.05) is 45.0 Å². The van der Waals surface area contributed by atoms with Gasteiger partial charge in [0, 0.05) is 17.3 Å². The van der Waals surface area contributed by atoms with Crippen LogP contribution in [-0.4, -0.2) is 23.6 Å². The van der Waals surface area contributed by atoms with Gasteiger partial charge >= 0.3 is 0 Å². The van der Waals surface area contributed by atoms with Crippen molar-refractivity contribution in [1.82, 2.24) is 5.16 Å². The molecule has 1 aromatic heterocycles. The third kappa shape index (κ3) is 4.50. The van der Waals surface area contributed by atoms with E-state index in [2.05, 4.69) is 10.5 Å². The van der Waals surface area contributed by atoms with Crippen LogP contribution in [0, 0.1) is 20.8 Å². The SMILES string of the molecule is Cc1ccc(/C=C/C(=O)Nc2ccc3c(c2)N(Cc2c(C)noc2C)C(=O)CO3)cc1. The molecule has 0 radical (unpaired) electrons. The number of rotatable bonds is 5. The number of ether oxygens (including phenoxy) is 1. The van der Waals surface area contributed by atoms with E-state index in [1.165, 1.54) is 6.08 Å². The zero-order valence-corrected chi connectivity index (χ0v) is 17.6. The first-order valence-electron chi connectivity index (χ1n) is 9.95. The van der Waals surface area contributed by atoms with Crippen molar-refractivity contribution in [2.75, 3.05) is 16.8 Å². The van der Waals surface area contributed by atoms with Crippen LogP contribution in [0.4, 0.5) is 11.4 Å². The zero-order valence-electron chi connectivity index (χ0n) is 17.6. The molecule has 4 rings (SSSR count). The number of amides is 2. The van der Waals surface area contributed by atoms with Gasteiger partial charge in [-0.3, -0.25) is 9.59 Å². The second-order valence-corrected chi connectivity index (χ2v) is 7.49. The lowest BCUT2D eigenvalue weighted by atomic mass is 10.1. The lowest BCUT2D eigenvalue weighted by Crippen LogP contribution is -2.38. The summed E-state index contributed by atoms with van der Waals surface area (Å²) in [5.41, 5.74) is 4.86. The zero-order chi connectivity index (χ0) is 22.0. The number of anilines is 2. The minimum Gasteiger partial charge on any atom is -0.482 e. The fourth-order valence-corrected chi connectivity index (χ4v) is 3.37. The van der Waals surface area contributed by atoms with Gasteiger partial charge in [-0.25, -0.2) is 0 Å². The summed E-state index contributed by atoms with van der Waals surface area (Å²) in [4.78, 5) is 26.6. The summed E-state index contributed by atoms with van der Waals surface area (Å²) in [6, 6.07) is 13.1. The molecule has 0 unspecified atom stereocenters. The van der Waals surface area contributed by atoms with E-state index in [0.29, 0.717) is 29.4 Å². The van der Waals surface area contributed by atoms with Crippen LogP contribution >= 0.6 is 0 Å². The molecule has 2 amide bonds. The van der Waals surface area contributed by atoms with Gasteiger partial charge in [0.15, 0.2) is 6.61 Å². The van der Waals surface area contributed by atoms with E-state index >= 15 is 0 Å². The maximum absolute atomic E-state index is 12.6. The third-order valence-corrected chi connectivity index (χ3v) is 5.17. The lowest BCUT2D eigenvalue weighted by molar-refractivity contribution is -0.121. The number of nitrogens with zero attached hydrogens (tertiary/aromatic N) is 2. The highest BCUT2D eigenvalue weighted by molar-refractivity contribution is 6.03. The molecule has 0 saturated heterocycles. The second kappa shape index (κ2) is 8.47. The van der Waals surface area contributed by atoms with Crippen molar-refractivity contribution in [2.24, 2.45) is 0 Å². The molecule has 0 bridgehead atoms. The van der Waals surface area contributed by atoms with Crippen LogP contribution in [-0.2, 0) is 16.1 Å². The molecule has 7 heteroatoms. The largest absolute Gasteiger partial charge is 0.482 e. The Kier molecular flexibility index (Phi) is 5.58. The Hall–Kier alpha value is -3.87. The minimum atomic E-state index is -0.263. The van der Waals surface area contributed by atoms with E-state index < -0.39 is 0 Å². The van der Waals surface area contributed by atoms with Gasteiger partial charge in [-0.05, 0) is 50.6 Å². The standard InChI is InChI=1S/C24H23N3O4/c1-15-4-6-18(7-5-15)8-11-23(28)25-19-9-10-22-21(12-19)27(24(29)14-30-22)13-20-16(2)26-31-17(20)3/h4-12H,13-14H2,1-3H3,(H,25,28)/b11-8+. The molecular formula is C24H23N3O4. The summed E-state index contributed by atoms with van der Waals surface area (Å²) >= 11 is 0. The van der Waals surface area contributed by atoms with Gasteiger partial charge in [-0.1, -0.05) is 35.0 Å². The highest BCUT2D eigenvalue weighted by atomic mass is 16.5. The number of fused-ring (bicyclic) bond motifs is 1. The molecule has 1 aliphatic rings. The topological polar surface area (TPSA) is 84.7 Å². The summed E-state index contributed by atoms with van der Waals surface area (Å²) in [6.07, 6.45) is 3.23. The molecule has 7 nitrogen and oxygen atoms in total. The van der Waals surface area contributed by atoms with Crippen molar-refractivity contribution in [3.8, 4) is 5.75 Å². The van der Waals surface area contributed by atoms with Crippen LogP contribution < -0.4 is 15.0 Å². The molecule has 1 aliphatic heterocycles. The average molecular weight is 417 g/mol. The Labute approximate surface area is 180 Å². The van der Waals surface area contributed by atoms with E-state index in [0.717, 1.165) is 22.4 Å². The predicted octanol–water partition coefficient (Wildman–Crippen LogP) is 4.18. The van der Waals surface area contributed by atoms with Crippen LogP contribution in [0.1, 0.15) is 28.1 Å². The maximum atomic E-state index is 12.6. The number of carbonyl (C=O) groups excluding carboxylic acids is 2. The smallest absolute Gasteiger partial charge is 0.265 e. The monoisotopic (exact) mass is 417 g/mol. The summed E-state index contributed by atoms with van der Waals surface area (Å²) < 4.78 is 10.8. The molecule has 0 fully saturated rings. The van der Waals surface area contributed by atoms with E-state index in [9.17, 15) is 9.59 Å². The number of hydrogen-bond acceptors (Lipinski definition) is 5. The molecular weight excluding hydrogens is 394 g/mol. The number of aromatic nitrogens is 1. The molecule has 1 N–H and O–H groups in total. The van der Waals surface area contributed by atoms with Gasteiger partial charge in [0.25, 0.3) is 5.91 Å². The van der Waals surface area contributed by atoms with Crippen LogP contribution in [0.25, 0.3) is 6.08 Å². The van der Waals surface area contributed by atoms with Crippen LogP contribution in [0.2, 0.25) is 0 Å². The first-order chi connectivity index (χ1) is 14.9. The number of benzene rings is 2. The molecule has 0 saturated carbocycles. The summed E-state index contributed by atoms with van der Waals surface area (Å²) in [6.45, 7) is 5.95. The normalized spacial score (nSPS) is 13.3. The molecule has 0 aliphatic carbocycles. The third-order valence-electron chi connectivity index (χ3n) is 5.17. The first kappa shape index (κ1) is 20.4. The molecule has 2 aromatic carbocycles. The van der Waals surface area contributed by atoms with Gasteiger partial charge in [0.2, 0.25) is 5.91 Å². The quantitative estimate of drug-likeness (QED) is 0.630. The van der Waals surface area contributed by atoms with Gasteiger partial charge in [-0.2, -0.15) is 0 Å². The minimum absolute atomic E-state index is 0.0403. The van der Waals surface area contributed by atoms with Crippen molar-refractivity contribution in [3.05, 3.63) is 76.7 Å². The fraction of sp³-hybridized carbons (Fsp3) is 0.208. The van der Waals surface area contributed by atoms with Crippen LogP contribution in [0.3, 0.4) is 0 Å². The van der Waals surface area contributed by atoms with E-state index in [-0.39, 0.29) is 18.4 Å². The van der Waals surface area contributed by atoms with Gasteiger partial charge in [0.1, 0.15) is 11.5 Å². The number of aryl methyl sites for hydroxylation is 3. The number of hydrogen-bond donors (Lipinski definition) is 1. The molecule has 0 atom stereocenters. The Morgan fingerprint density at radius 2 is 1.94 bits per heavy atom. The fourth-order valence-electron chi connectivity index (χ4n) is 3.37. The summed E-state index contributed by atoms with van der Waals surface area (Å²) in [5, 5.41) is 6.80. The Bertz CT molecular complexity index is 1140. The molecule has 2 heterocycles. The van der Waals surface area contributed by atoms with Gasteiger partial charge < -0.3 is 19.5 Å². The van der Waals surface area contributed by atoms with Gasteiger partial charge in [-0.15, -0.1) is 0 Å². The highest BCUT2D eigenvalue weighted by Gasteiger charge is 2.28. The number of carbonyl (C=O) groups is 2. The maximum Gasteiger partial charge on any atom is 0.265 e. The van der Waals surface area contributed by atoms with Gasteiger partial charge in [0.05, 0.1) is 17.9 Å². The van der Waals surface area contributed by atoms with Crippen molar-refractivity contribution in [2.45, 2.75) is 27.3 Å². The first-order valence-corrected chi connectivity index (χ1v) is 9.95. The van der Waals surface area contributed by atoms with Crippen molar-refractivity contribution in [1.29, 1.82) is 0 Å². The average Bonchev–Trinajstić information content (AvgIpc) is 3.07. The predicted molar refractivity (Wildman–Crippen MR) is 118 cm³/mol. The van der Waals surface area contributed by atoms with Crippen molar-refractivity contribution >= 4 is 29.3 Å². The van der Waals surface area contributed by atoms with E-state index in [1.54, 1.807) is 29.2 Å². The molecule has 3 aromatic rings. The van der Waals surface area contributed by atoms with E-state index in [4.69, 9.17) is 9.26 Å². The van der Waals surface area contributed by atoms with Crippen LogP contribution in [0.15, 0.2) is 53.1 Å². The second-order valence-electron chi connectivity index (χ2n) is 7.49. The number of nitrogens with one attached hydrogen (secondary N) is 1. The van der Waals surface area contributed by atoms with Crippen molar-refractivity contribution in [3.63, 3.8) is 0 Å².